The largest absolute Gasteiger partial charge is 0.393 e. The van der Waals surface area contributed by atoms with E-state index < -0.39 is 0 Å². The summed E-state index contributed by atoms with van der Waals surface area (Å²) in [5.41, 5.74) is 7.57. The van der Waals surface area contributed by atoms with Gasteiger partial charge in [-0.2, -0.15) is 0 Å². The first-order valence-corrected chi connectivity index (χ1v) is 7.84. The third kappa shape index (κ3) is 3.53. The first-order valence-electron chi connectivity index (χ1n) is 7.46. The predicted octanol–water partition coefficient (Wildman–Crippen LogP) is 2.82. The van der Waals surface area contributed by atoms with Gasteiger partial charge < -0.3 is 10.8 Å². The van der Waals surface area contributed by atoms with E-state index in [4.69, 9.17) is 17.3 Å². The minimum absolute atomic E-state index is 0.101. The minimum Gasteiger partial charge on any atom is -0.393 e. The van der Waals surface area contributed by atoms with E-state index in [1.807, 2.05) is 19.1 Å². The Hall–Kier alpha value is -0.610. The van der Waals surface area contributed by atoms with Gasteiger partial charge in [0.15, 0.2) is 0 Å². The van der Waals surface area contributed by atoms with Gasteiger partial charge in [-0.25, -0.2) is 0 Å². The molecule has 4 unspecified atom stereocenters. The van der Waals surface area contributed by atoms with Gasteiger partial charge in [-0.1, -0.05) is 30.7 Å². The Morgan fingerprint density at radius 1 is 1.40 bits per heavy atom. The van der Waals surface area contributed by atoms with Gasteiger partial charge in [-0.3, -0.25) is 4.90 Å². The fourth-order valence-corrected chi connectivity index (χ4v) is 3.20. The maximum Gasteiger partial charge on any atom is 0.0552 e. The number of likely N-dealkylation sites (tertiary alicyclic amines) is 1. The molecule has 0 saturated carbocycles. The zero-order chi connectivity index (χ0) is 14.7. The minimum atomic E-state index is -0.247. The second-order valence-corrected chi connectivity index (χ2v) is 6.29. The summed E-state index contributed by atoms with van der Waals surface area (Å²) in [5, 5.41) is 10.5. The molecule has 1 aromatic carbocycles. The van der Waals surface area contributed by atoms with Crippen molar-refractivity contribution in [3.05, 3.63) is 34.9 Å². The summed E-state index contributed by atoms with van der Waals surface area (Å²) < 4.78 is 0. The average Bonchev–Trinajstić information content (AvgIpc) is 2.90. The van der Waals surface area contributed by atoms with Crippen molar-refractivity contribution in [2.24, 2.45) is 11.7 Å². The standard InChI is InChI=1S/C16H25ClN2O/c1-3-15(18)16(12-4-6-14(17)7-5-12)19-9-8-13(10-19)11(2)20/h4-7,11,13,15-16,20H,3,8-10,18H2,1-2H3. The van der Waals surface area contributed by atoms with Crippen LogP contribution in [0.3, 0.4) is 0 Å². The highest BCUT2D eigenvalue weighted by molar-refractivity contribution is 6.30. The molecule has 4 atom stereocenters. The molecule has 1 saturated heterocycles. The summed E-state index contributed by atoms with van der Waals surface area (Å²) >= 11 is 5.98. The fourth-order valence-electron chi connectivity index (χ4n) is 3.07. The molecular weight excluding hydrogens is 272 g/mol. The molecule has 0 aromatic heterocycles. The summed E-state index contributed by atoms with van der Waals surface area (Å²) in [4.78, 5) is 2.41. The summed E-state index contributed by atoms with van der Waals surface area (Å²) in [6.45, 7) is 5.91. The zero-order valence-corrected chi connectivity index (χ0v) is 13.1. The third-order valence-corrected chi connectivity index (χ3v) is 4.67. The normalized spacial score (nSPS) is 24.6. The van der Waals surface area contributed by atoms with Crippen LogP contribution < -0.4 is 5.73 Å². The second kappa shape index (κ2) is 6.90. The molecule has 1 fully saturated rings. The molecule has 4 heteroatoms. The van der Waals surface area contributed by atoms with Gasteiger partial charge in [0.05, 0.1) is 6.10 Å². The van der Waals surface area contributed by atoms with Crippen LogP contribution in [0.2, 0.25) is 5.02 Å². The number of rotatable bonds is 5. The quantitative estimate of drug-likeness (QED) is 0.878. The van der Waals surface area contributed by atoms with Crippen LogP contribution in [-0.2, 0) is 0 Å². The molecular formula is C16H25ClN2O. The Morgan fingerprint density at radius 2 is 2.05 bits per heavy atom. The van der Waals surface area contributed by atoms with Crippen molar-refractivity contribution in [1.82, 2.24) is 4.90 Å². The van der Waals surface area contributed by atoms with Gasteiger partial charge in [0.25, 0.3) is 0 Å². The number of aliphatic hydroxyl groups is 1. The maximum atomic E-state index is 9.78. The lowest BCUT2D eigenvalue weighted by molar-refractivity contribution is 0.118. The number of nitrogens with zero attached hydrogens (tertiary/aromatic N) is 1. The molecule has 0 radical (unpaired) electrons. The van der Waals surface area contributed by atoms with E-state index >= 15 is 0 Å². The monoisotopic (exact) mass is 296 g/mol. The molecule has 0 bridgehead atoms. The third-order valence-electron chi connectivity index (χ3n) is 4.42. The Bertz CT molecular complexity index is 421. The van der Waals surface area contributed by atoms with E-state index in [2.05, 4.69) is 24.0 Å². The van der Waals surface area contributed by atoms with Crippen molar-refractivity contribution in [3.8, 4) is 0 Å². The molecule has 0 spiro atoms. The SMILES string of the molecule is CCC(N)C(c1ccc(Cl)cc1)N1CCC(C(C)O)C1. The van der Waals surface area contributed by atoms with E-state index in [1.54, 1.807) is 0 Å². The van der Waals surface area contributed by atoms with Gasteiger partial charge in [0.1, 0.15) is 0 Å². The van der Waals surface area contributed by atoms with Crippen LogP contribution >= 0.6 is 11.6 Å². The lowest BCUT2D eigenvalue weighted by atomic mass is 9.96. The number of aliphatic hydroxyl groups excluding tert-OH is 1. The molecule has 3 nitrogen and oxygen atoms in total. The second-order valence-electron chi connectivity index (χ2n) is 5.85. The molecule has 3 N–H and O–H groups in total. The first-order chi connectivity index (χ1) is 9.52. The molecule has 112 valence electrons. The van der Waals surface area contributed by atoms with E-state index in [0.717, 1.165) is 31.0 Å². The van der Waals surface area contributed by atoms with E-state index in [1.165, 1.54) is 5.56 Å². The first kappa shape index (κ1) is 15.8. The van der Waals surface area contributed by atoms with Gasteiger partial charge >= 0.3 is 0 Å². The van der Waals surface area contributed by atoms with Crippen LogP contribution in [0.4, 0.5) is 0 Å². The highest BCUT2D eigenvalue weighted by Gasteiger charge is 2.33. The van der Waals surface area contributed by atoms with Crippen molar-refractivity contribution in [1.29, 1.82) is 0 Å². The summed E-state index contributed by atoms with van der Waals surface area (Å²) in [7, 11) is 0. The lowest BCUT2D eigenvalue weighted by Gasteiger charge is -2.33. The number of benzene rings is 1. The van der Waals surface area contributed by atoms with Crippen molar-refractivity contribution in [3.63, 3.8) is 0 Å². The fraction of sp³-hybridized carbons (Fsp3) is 0.625. The van der Waals surface area contributed by atoms with Gasteiger partial charge in [0, 0.05) is 23.7 Å². The number of hydrogen-bond acceptors (Lipinski definition) is 3. The smallest absolute Gasteiger partial charge is 0.0552 e. The summed E-state index contributed by atoms with van der Waals surface area (Å²) in [6, 6.07) is 8.30. The molecule has 0 aliphatic carbocycles. The van der Waals surface area contributed by atoms with Crippen molar-refractivity contribution in [2.45, 2.75) is 44.9 Å². The lowest BCUT2D eigenvalue weighted by Crippen LogP contribution is -2.40. The Balaban J connectivity index is 2.18. The van der Waals surface area contributed by atoms with Crippen LogP contribution in [-0.4, -0.2) is 35.2 Å². The number of halogens is 1. The van der Waals surface area contributed by atoms with E-state index in [-0.39, 0.29) is 18.2 Å². The summed E-state index contributed by atoms with van der Waals surface area (Å²) in [6.07, 6.45) is 1.73. The Morgan fingerprint density at radius 3 is 2.55 bits per heavy atom. The van der Waals surface area contributed by atoms with E-state index in [0.29, 0.717) is 5.92 Å². The molecule has 1 aliphatic rings. The highest BCUT2D eigenvalue weighted by atomic mass is 35.5. The molecule has 1 aliphatic heterocycles. The van der Waals surface area contributed by atoms with E-state index in [9.17, 15) is 5.11 Å². The number of hydrogen-bond donors (Lipinski definition) is 2. The number of nitrogens with two attached hydrogens (primary N) is 1. The van der Waals surface area contributed by atoms with Gasteiger partial charge in [-0.05, 0) is 49.9 Å². The molecule has 1 aromatic rings. The zero-order valence-electron chi connectivity index (χ0n) is 12.3. The molecule has 0 amide bonds. The van der Waals surface area contributed by atoms with Crippen molar-refractivity contribution in [2.75, 3.05) is 13.1 Å². The van der Waals surface area contributed by atoms with Crippen molar-refractivity contribution < 1.29 is 5.11 Å². The van der Waals surface area contributed by atoms with Crippen LogP contribution in [0.1, 0.15) is 38.3 Å². The van der Waals surface area contributed by atoms with Crippen LogP contribution in [0.5, 0.6) is 0 Å². The van der Waals surface area contributed by atoms with Gasteiger partial charge in [-0.15, -0.1) is 0 Å². The van der Waals surface area contributed by atoms with Crippen molar-refractivity contribution >= 4 is 11.6 Å². The predicted molar refractivity (Wildman–Crippen MR) is 83.8 cm³/mol. The Labute approximate surface area is 126 Å². The van der Waals surface area contributed by atoms with Gasteiger partial charge in [0.2, 0.25) is 0 Å². The van der Waals surface area contributed by atoms with Crippen LogP contribution in [0.25, 0.3) is 0 Å². The summed E-state index contributed by atoms with van der Waals surface area (Å²) in [5.74, 6) is 0.355. The van der Waals surface area contributed by atoms with Crippen LogP contribution in [0.15, 0.2) is 24.3 Å². The topological polar surface area (TPSA) is 49.5 Å². The molecule has 20 heavy (non-hydrogen) atoms. The Kier molecular flexibility index (Phi) is 5.44. The molecule has 1 heterocycles. The average molecular weight is 297 g/mol. The molecule has 2 rings (SSSR count). The highest BCUT2D eigenvalue weighted by Crippen LogP contribution is 2.32. The maximum absolute atomic E-state index is 9.78. The van der Waals surface area contributed by atoms with Crippen LogP contribution in [0, 0.1) is 5.92 Å².